The van der Waals surface area contributed by atoms with Crippen molar-refractivity contribution in [2.24, 2.45) is 0 Å². The Balaban J connectivity index is 2.28. The second-order valence-electron chi connectivity index (χ2n) is 5.68. The van der Waals surface area contributed by atoms with E-state index in [1.54, 1.807) is 30.3 Å². The van der Waals surface area contributed by atoms with Crippen molar-refractivity contribution in [1.82, 2.24) is 5.32 Å². The molecule has 2 rings (SSSR count). The second-order valence-corrected chi connectivity index (χ2v) is 5.68. The van der Waals surface area contributed by atoms with E-state index in [9.17, 15) is 24.5 Å². The molecule has 0 aliphatic rings. The van der Waals surface area contributed by atoms with Gasteiger partial charge in [-0.05, 0) is 42.8 Å². The number of ketones is 1. The van der Waals surface area contributed by atoms with Crippen LogP contribution in [0.4, 0.5) is 11.4 Å². The van der Waals surface area contributed by atoms with Crippen molar-refractivity contribution in [2.75, 3.05) is 5.32 Å². The van der Waals surface area contributed by atoms with Crippen LogP contribution in [-0.2, 0) is 9.59 Å². The molecular weight excluding hydrogens is 350 g/mol. The van der Waals surface area contributed by atoms with E-state index in [-0.39, 0.29) is 17.2 Å². The molecule has 27 heavy (non-hydrogen) atoms. The Morgan fingerprint density at radius 2 is 1.70 bits per heavy atom. The van der Waals surface area contributed by atoms with Gasteiger partial charge in [0.05, 0.1) is 4.92 Å². The Morgan fingerprint density at radius 3 is 2.26 bits per heavy atom. The van der Waals surface area contributed by atoms with Crippen molar-refractivity contribution in [3.63, 3.8) is 0 Å². The van der Waals surface area contributed by atoms with Gasteiger partial charge < -0.3 is 10.6 Å². The Bertz CT molecular complexity index is 933. The van der Waals surface area contributed by atoms with Gasteiger partial charge >= 0.3 is 0 Å². The standard InChI is InChI=1S/C19H17N3O5/c1-12(23)15-6-8-16(9-7-15)21-19(25)18(20-13(2)24)11-14-4-3-5-17(10-14)22(26)27/h3-11H,1-2H3,(H,20,24)(H,21,25). The summed E-state index contributed by atoms with van der Waals surface area (Å²) in [6.07, 6.45) is 1.34. The third-order valence-electron chi connectivity index (χ3n) is 3.50. The molecule has 0 heterocycles. The van der Waals surface area contributed by atoms with Crippen molar-refractivity contribution in [1.29, 1.82) is 0 Å². The van der Waals surface area contributed by atoms with E-state index in [0.29, 0.717) is 16.8 Å². The van der Waals surface area contributed by atoms with Crippen LogP contribution < -0.4 is 10.6 Å². The molecule has 0 bridgehead atoms. The molecule has 0 radical (unpaired) electrons. The van der Waals surface area contributed by atoms with Gasteiger partial charge in [0.1, 0.15) is 5.70 Å². The van der Waals surface area contributed by atoms with E-state index >= 15 is 0 Å². The molecule has 2 amide bonds. The first-order valence-electron chi connectivity index (χ1n) is 7.92. The fourth-order valence-electron chi connectivity index (χ4n) is 2.23. The van der Waals surface area contributed by atoms with Crippen molar-refractivity contribution >= 4 is 35.0 Å². The number of rotatable bonds is 6. The van der Waals surface area contributed by atoms with E-state index in [4.69, 9.17) is 0 Å². The van der Waals surface area contributed by atoms with Gasteiger partial charge in [-0.3, -0.25) is 24.5 Å². The molecule has 0 aromatic heterocycles. The van der Waals surface area contributed by atoms with E-state index in [1.807, 2.05) is 0 Å². The third-order valence-corrected chi connectivity index (χ3v) is 3.50. The molecule has 0 unspecified atom stereocenters. The van der Waals surface area contributed by atoms with E-state index in [0.717, 1.165) is 0 Å². The summed E-state index contributed by atoms with van der Waals surface area (Å²) in [5, 5.41) is 15.9. The lowest BCUT2D eigenvalue weighted by Gasteiger charge is -2.10. The van der Waals surface area contributed by atoms with Gasteiger partial charge in [-0.2, -0.15) is 0 Å². The number of non-ortho nitro benzene ring substituents is 1. The first-order valence-corrected chi connectivity index (χ1v) is 7.92. The van der Waals surface area contributed by atoms with Gasteiger partial charge in [-0.15, -0.1) is 0 Å². The maximum absolute atomic E-state index is 12.5. The lowest BCUT2D eigenvalue weighted by Crippen LogP contribution is -2.28. The number of nitrogens with zero attached hydrogens (tertiary/aromatic N) is 1. The Labute approximate surface area is 155 Å². The smallest absolute Gasteiger partial charge is 0.272 e. The Kier molecular flexibility index (Phi) is 6.16. The highest BCUT2D eigenvalue weighted by atomic mass is 16.6. The normalized spacial score (nSPS) is 10.8. The highest BCUT2D eigenvalue weighted by Crippen LogP contribution is 2.16. The molecule has 0 saturated carbocycles. The minimum Gasteiger partial charge on any atom is -0.322 e. The number of amides is 2. The third kappa shape index (κ3) is 5.60. The van der Waals surface area contributed by atoms with Crippen molar-refractivity contribution in [3.8, 4) is 0 Å². The largest absolute Gasteiger partial charge is 0.322 e. The number of carbonyl (C=O) groups excluding carboxylic acids is 3. The van der Waals surface area contributed by atoms with E-state index in [1.165, 1.54) is 38.1 Å². The highest BCUT2D eigenvalue weighted by molar-refractivity contribution is 6.08. The molecule has 2 aromatic carbocycles. The molecule has 2 N–H and O–H groups in total. The van der Waals surface area contributed by atoms with E-state index < -0.39 is 16.7 Å². The van der Waals surface area contributed by atoms with Gasteiger partial charge in [0.15, 0.2) is 5.78 Å². The van der Waals surface area contributed by atoms with Gasteiger partial charge in [0.25, 0.3) is 11.6 Å². The van der Waals surface area contributed by atoms with Crippen LogP contribution in [0.2, 0.25) is 0 Å². The molecule has 0 aliphatic heterocycles. The predicted octanol–water partition coefficient (Wildman–Crippen LogP) is 2.91. The summed E-state index contributed by atoms with van der Waals surface area (Å²) in [6.45, 7) is 2.68. The topological polar surface area (TPSA) is 118 Å². The zero-order chi connectivity index (χ0) is 20.0. The first-order chi connectivity index (χ1) is 12.8. The lowest BCUT2D eigenvalue weighted by atomic mass is 10.1. The second kappa shape index (κ2) is 8.52. The summed E-state index contributed by atoms with van der Waals surface area (Å²) in [5.41, 5.74) is 1.11. The minimum atomic E-state index is -0.604. The lowest BCUT2D eigenvalue weighted by molar-refractivity contribution is -0.384. The molecule has 8 nitrogen and oxygen atoms in total. The monoisotopic (exact) mass is 367 g/mol. The van der Waals surface area contributed by atoms with Gasteiger partial charge in [0.2, 0.25) is 5.91 Å². The van der Waals surface area contributed by atoms with Gasteiger partial charge in [0, 0.05) is 30.3 Å². The number of Topliss-reactive ketones (excluding diaryl/α,β-unsaturated/α-hetero) is 1. The number of hydrogen-bond donors (Lipinski definition) is 2. The summed E-state index contributed by atoms with van der Waals surface area (Å²) in [5.74, 6) is -1.17. The molecule has 8 heteroatoms. The highest BCUT2D eigenvalue weighted by Gasteiger charge is 2.13. The zero-order valence-electron chi connectivity index (χ0n) is 14.7. The summed E-state index contributed by atoms with van der Waals surface area (Å²) < 4.78 is 0. The van der Waals surface area contributed by atoms with Crippen LogP contribution in [0, 0.1) is 10.1 Å². The molecule has 0 fully saturated rings. The van der Waals surface area contributed by atoms with Gasteiger partial charge in [-0.25, -0.2) is 0 Å². The Hall–Kier alpha value is -3.81. The molecule has 0 atom stereocenters. The number of nitrogens with one attached hydrogen (secondary N) is 2. The molecular formula is C19H17N3O5. The average molecular weight is 367 g/mol. The van der Waals surface area contributed by atoms with E-state index in [2.05, 4.69) is 10.6 Å². The Morgan fingerprint density at radius 1 is 1.04 bits per heavy atom. The average Bonchev–Trinajstić information content (AvgIpc) is 2.61. The number of nitro benzene ring substituents is 1. The molecule has 2 aromatic rings. The fourth-order valence-corrected chi connectivity index (χ4v) is 2.23. The number of nitro groups is 1. The molecule has 0 aliphatic carbocycles. The van der Waals surface area contributed by atoms with Gasteiger partial charge in [-0.1, -0.05) is 12.1 Å². The van der Waals surface area contributed by atoms with Crippen LogP contribution in [0.3, 0.4) is 0 Å². The van der Waals surface area contributed by atoms with Crippen LogP contribution in [0.5, 0.6) is 0 Å². The van der Waals surface area contributed by atoms with Crippen molar-refractivity contribution in [3.05, 3.63) is 75.5 Å². The number of anilines is 1. The number of hydrogen-bond acceptors (Lipinski definition) is 5. The van der Waals surface area contributed by atoms with Crippen molar-refractivity contribution < 1.29 is 19.3 Å². The van der Waals surface area contributed by atoms with Crippen LogP contribution in [0.1, 0.15) is 29.8 Å². The fraction of sp³-hybridized carbons (Fsp3) is 0.105. The predicted molar refractivity (Wildman–Crippen MR) is 100.0 cm³/mol. The number of benzene rings is 2. The molecule has 138 valence electrons. The maximum Gasteiger partial charge on any atom is 0.272 e. The number of carbonyl (C=O) groups is 3. The first kappa shape index (κ1) is 19.5. The van der Waals surface area contributed by atoms with Crippen LogP contribution >= 0.6 is 0 Å². The summed E-state index contributed by atoms with van der Waals surface area (Å²) in [6, 6.07) is 11.9. The quantitative estimate of drug-likeness (QED) is 0.352. The molecule has 0 spiro atoms. The van der Waals surface area contributed by atoms with Crippen LogP contribution in [0.15, 0.2) is 54.2 Å². The zero-order valence-corrected chi connectivity index (χ0v) is 14.7. The van der Waals surface area contributed by atoms with Crippen LogP contribution in [-0.4, -0.2) is 22.5 Å². The summed E-state index contributed by atoms with van der Waals surface area (Å²) in [7, 11) is 0. The molecule has 0 saturated heterocycles. The minimum absolute atomic E-state index is 0.0707. The maximum atomic E-state index is 12.5. The summed E-state index contributed by atoms with van der Waals surface area (Å²) >= 11 is 0. The van der Waals surface area contributed by atoms with Crippen molar-refractivity contribution in [2.45, 2.75) is 13.8 Å². The van der Waals surface area contributed by atoms with Crippen LogP contribution in [0.25, 0.3) is 6.08 Å². The summed E-state index contributed by atoms with van der Waals surface area (Å²) in [4.78, 5) is 45.5. The SMILES string of the molecule is CC(=O)NC(=Cc1cccc([N+](=O)[O-])c1)C(=O)Nc1ccc(C(C)=O)cc1.